The average molecular weight is 497 g/mol. The van der Waals surface area contributed by atoms with E-state index >= 15 is 0 Å². The molecule has 35 heavy (non-hydrogen) atoms. The first-order chi connectivity index (χ1) is 16.6. The zero-order valence-corrected chi connectivity index (χ0v) is 20.7. The minimum Gasteiger partial charge on any atom is -0.487 e. The largest absolute Gasteiger partial charge is 0.487 e. The normalized spacial score (nSPS) is 16.0. The molecule has 182 valence electrons. The van der Waals surface area contributed by atoms with Crippen molar-refractivity contribution in [2.75, 3.05) is 6.54 Å². The van der Waals surface area contributed by atoms with Crippen molar-refractivity contribution in [1.82, 2.24) is 14.5 Å². The van der Waals surface area contributed by atoms with Gasteiger partial charge in [-0.3, -0.25) is 19.3 Å². The molecule has 7 nitrogen and oxygen atoms in total. The lowest BCUT2D eigenvalue weighted by atomic mass is 9.99. The molecular formula is C26H26ClFN4O3. The fourth-order valence-electron chi connectivity index (χ4n) is 3.79. The quantitative estimate of drug-likeness (QED) is 0.541. The van der Waals surface area contributed by atoms with Crippen molar-refractivity contribution in [3.8, 4) is 5.75 Å². The van der Waals surface area contributed by atoms with E-state index in [1.54, 1.807) is 37.5 Å². The van der Waals surface area contributed by atoms with Crippen LogP contribution >= 0.6 is 11.6 Å². The lowest BCUT2D eigenvalue weighted by molar-refractivity contribution is 0.0738. The Morgan fingerprint density at radius 3 is 2.80 bits per heavy atom. The number of ether oxygens (including phenoxy) is 1. The van der Waals surface area contributed by atoms with Crippen LogP contribution < -0.4 is 10.3 Å². The second-order valence-corrected chi connectivity index (χ2v) is 9.40. The Labute approximate surface area is 207 Å². The smallest absolute Gasteiger partial charge is 0.277 e. The van der Waals surface area contributed by atoms with E-state index < -0.39 is 17.0 Å². The lowest BCUT2D eigenvalue weighted by Gasteiger charge is -2.24. The van der Waals surface area contributed by atoms with E-state index in [2.05, 4.69) is 15.0 Å². The second kappa shape index (κ2) is 9.71. The van der Waals surface area contributed by atoms with E-state index in [0.29, 0.717) is 29.3 Å². The number of hydrogen-bond acceptors (Lipinski definition) is 6. The number of nitrogens with zero attached hydrogens (tertiary/aromatic N) is 4. The molecule has 9 heteroatoms. The molecule has 1 aliphatic rings. The predicted molar refractivity (Wildman–Crippen MR) is 133 cm³/mol. The van der Waals surface area contributed by atoms with Crippen LogP contribution in [0.4, 0.5) is 4.39 Å². The van der Waals surface area contributed by atoms with Gasteiger partial charge in [0.2, 0.25) is 0 Å². The fraction of sp³-hybridized carbons (Fsp3) is 0.308. The maximum atomic E-state index is 13.9. The van der Waals surface area contributed by atoms with E-state index in [9.17, 15) is 14.3 Å². The molecule has 0 saturated heterocycles. The van der Waals surface area contributed by atoms with Gasteiger partial charge in [-0.15, -0.1) is 0 Å². The van der Waals surface area contributed by atoms with Crippen molar-refractivity contribution in [2.45, 2.75) is 39.9 Å². The Balaban J connectivity index is 1.69. The summed E-state index contributed by atoms with van der Waals surface area (Å²) in [6.07, 6.45) is 4.54. The topological polar surface area (TPSA) is 89.6 Å². The SMILES string of the molecule is Cc1cc(OCc2cnccc2F)c(Cl)c(=O)n1C1=CC(c2cccc(C(C)(C)O)n2)=NC[C@H]1C. The zero-order chi connectivity index (χ0) is 25.3. The first kappa shape index (κ1) is 24.8. The Hall–Kier alpha value is -3.36. The van der Waals surface area contributed by atoms with Crippen LogP contribution in [0, 0.1) is 18.7 Å². The number of aromatic nitrogens is 3. The van der Waals surface area contributed by atoms with Gasteiger partial charge in [-0.1, -0.05) is 24.6 Å². The van der Waals surface area contributed by atoms with Crippen LogP contribution in [-0.2, 0) is 12.2 Å². The number of hydrogen-bond donors (Lipinski definition) is 1. The van der Waals surface area contributed by atoms with Gasteiger partial charge in [0.1, 0.15) is 28.8 Å². The highest BCUT2D eigenvalue weighted by atomic mass is 35.5. The van der Waals surface area contributed by atoms with Crippen molar-refractivity contribution in [3.63, 3.8) is 0 Å². The van der Waals surface area contributed by atoms with Gasteiger partial charge in [0.05, 0.1) is 17.1 Å². The molecule has 0 bridgehead atoms. The van der Waals surface area contributed by atoms with Gasteiger partial charge in [0.25, 0.3) is 5.56 Å². The summed E-state index contributed by atoms with van der Waals surface area (Å²) in [5.74, 6) is -0.331. The number of pyridine rings is 3. The van der Waals surface area contributed by atoms with Crippen molar-refractivity contribution >= 4 is 23.0 Å². The number of rotatable bonds is 6. The van der Waals surface area contributed by atoms with Gasteiger partial charge < -0.3 is 9.84 Å². The minimum atomic E-state index is -1.10. The first-order valence-electron chi connectivity index (χ1n) is 11.2. The number of halogens is 2. The number of aryl methyl sites for hydroxylation is 1. The van der Waals surface area contributed by atoms with Crippen LogP contribution in [0.2, 0.25) is 5.02 Å². The van der Waals surface area contributed by atoms with Crippen LogP contribution in [0.15, 0.2) is 58.6 Å². The Bertz CT molecular complexity index is 1390. The highest BCUT2D eigenvalue weighted by Crippen LogP contribution is 2.28. The van der Waals surface area contributed by atoms with Gasteiger partial charge >= 0.3 is 0 Å². The molecule has 3 aromatic rings. The van der Waals surface area contributed by atoms with Gasteiger partial charge in [-0.2, -0.15) is 0 Å². The van der Waals surface area contributed by atoms with Crippen LogP contribution in [0.3, 0.4) is 0 Å². The second-order valence-electron chi connectivity index (χ2n) is 9.02. The lowest BCUT2D eigenvalue weighted by Crippen LogP contribution is -2.29. The summed E-state index contributed by atoms with van der Waals surface area (Å²) in [5.41, 5.74) is 1.79. The number of aliphatic hydroxyl groups is 1. The van der Waals surface area contributed by atoms with E-state index in [1.165, 1.54) is 18.5 Å². The Kier molecular flexibility index (Phi) is 6.87. The fourth-order valence-corrected chi connectivity index (χ4v) is 3.99. The Morgan fingerprint density at radius 2 is 2.09 bits per heavy atom. The molecule has 1 atom stereocenters. The van der Waals surface area contributed by atoms with E-state index in [0.717, 1.165) is 5.70 Å². The van der Waals surface area contributed by atoms with Crippen LogP contribution in [-0.4, -0.2) is 31.9 Å². The third-order valence-corrected chi connectivity index (χ3v) is 6.10. The highest BCUT2D eigenvalue weighted by molar-refractivity contribution is 6.31. The minimum absolute atomic E-state index is 0.0556. The molecule has 1 N–H and O–H groups in total. The highest BCUT2D eigenvalue weighted by Gasteiger charge is 2.24. The summed E-state index contributed by atoms with van der Waals surface area (Å²) in [5, 5.41) is 10.2. The number of allylic oxidation sites excluding steroid dienone is 1. The van der Waals surface area contributed by atoms with E-state index in [-0.39, 0.29) is 28.9 Å². The summed E-state index contributed by atoms with van der Waals surface area (Å²) >= 11 is 6.40. The molecule has 3 aromatic heterocycles. The molecular weight excluding hydrogens is 471 g/mol. The molecule has 0 saturated carbocycles. The van der Waals surface area contributed by atoms with Crippen LogP contribution in [0.1, 0.15) is 43.4 Å². The summed E-state index contributed by atoms with van der Waals surface area (Å²) in [4.78, 5) is 26.4. The maximum absolute atomic E-state index is 13.9. The third kappa shape index (κ3) is 5.18. The molecule has 0 aromatic carbocycles. The molecule has 0 aliphatic carbocycles. The molecule has 0 amide bonds. The summed E-state index contributed by atoms with van der Waals surface area (Å²) in [6.45, 7) is 7.44. The Morgan fingerprint density at radius 1 is 1.31 bits per heavy atom. The third-order valence-electron chi connectivity index (χ3n) is 5.75. The standard InChI is InChI=1S/C26H26ClFN4O3/c1-15-12-30-20(19-6-5-7-23(31-19)26(3,4)34)11-21(15)32-16(2)10-22(24(27)25(32)33)35-14-17-13-29-9-8-18(17)28/h5-11,13,15,34H,12,14H2,1-4H3/t15-/m1/s1. The van der Waals surface area contributed by atoms with Crippen molar-refractivity contribution < 1.29 is 14.2 Å². The summed E-state index contributed by atoms with van der Waals surface area (Å²) in [6, 6.07) is 8.28. The number of aliphatic imine (C=N–C) groups is 1. The summed E-state index contributed by atoms with van der Waals surface area (Å²) in [7, 11) is 0. The average Bonchev–Trinajstić information content (AvgIpc) is 2.82. The molecule has 0 unspecified atom stereocenters. The zero-order valence-electron chi connectivity index (χ0n) is 19.9. The monoisotopic (exact) mass is 496 g/mol. The van der Waals surface area contributed by atoms with E-state index in [4.69, 9.17) is 16.3 Å². The summed E-state index contributed by atoms with van der Waals surface area (Å²) < 4.78 is 21.1. The van der Waals surface area contributed by atoms with Gasteiger partial charge in [0.15, 0.2) is 0 Å². The number of dihydropyridines is 1. The van der Waals surface area contributed by atoms with Crippen molar-refractivity contribution in [3.05, 3.63) is 92.6 Å². The van der Waals surface area contributed by atoms with Crippen LogP contribution in [0.5, 0.6) is 5.75 Å². The molecule has 0 radical (unpaired) electrons. The maximum Gasteiger partial charge on any atom is 0.277 e. The molecule has 1 aliphatic heterocycles. The van der Waals surface area contributed by atoms with E-state index in [1.807, 2.05) is 25.1 Å². The van der Waals surface area contributed by atoms with Crippen LogP contribution in [0.25, 0.3) is 5.70 Å². The molecule has 4 rings (SSSR count). The molecule has 0 spiro atoms. The van der Waals surface area contributed by atoms with Crippen molar-refractivity contribution in [1.29, 1.82) is 0 Å². The van der Waals surface area contributed by atoms with Gasteiger partial charge in [-0.25, -0.2) is 9.37 Å². The molecule has 4 heterocycles. The first-order valence-corrected chi connectivity index (χ1v) is 11.5. The van der Waals surface area contributed by atoms with Gasteiger partial charge in [0, 0.05) is 47.9 Å². The molecule has 0 fully saturated rings. The van der Waals surface area contributed by atoms with Crippen molar-refractivity contribution in [2.24, 2.45) is 10.9 Å². The van der Waals surface area contributed by atoms with Gasteiger partial charge in [-0.05, 0) is 45.0 Å². The predicted octanol–water partition coefficient (Wildman–Crippen LogP) is 4.53.